The molecule has 0 radical (unpaired) electrons. The van der Waals surface area contributed by atoms with Crippen LogP contribution in [0.15, 0.2) is 0 Å². The average molecular weight is 213 g/mol. The van der Waals surface area contributed by atoms with Gasteiger partial charge in [-0.05, 0) is 40.5 Å². The second-order valence-electron chi connectivity index (χ2n) is 4.81. The number of carbonyl (C=O) groups excluding carboxylic acids is 1. The smallest absolute Gasteiger partial charge is 0.315 e. The molecule has 0 aromatic heterocycles. The topological polar surface area (TPSA) is 53.2 Å². The van der Waals surface area contributed by atoms with Crippen molar-refractivity contribution in [3.63, 3.8) is 0 Å². The molecule has 1 rings (SSSR count). The molecular formula is C11H23N3O. The molecule has 0 aromatic carbocycles. The second kappa shape index (κ2) is 5.35. The fourth-order valence-corrected chi connectivity index (χ4v) is 2.00. The fourth-order valence-electron chi connectivity index (χ4n) is 2.00. The predicted octanol–water partition coefficient (Wildman–Crippen LogP) is 1.22. The van der Waals surface area contributed by atoms with E-state index in [0.717, 1.165) is 12.8 Å². The average Bonchev–Trinajstić information content (AvgIpc) is 2.08. The van der Waals surface area contributed by atoms with Crippen LogP contribution in [0.25, 0.3) is 0 Å². The molecule has 0 spiro atoms. The van der Waals surface area contributed by atoms with E-state index in [1.54, 1.807) is 0 Å². The van der Waals surface area contributed by atoms with Crippen LogP contribution in [0.3, 0.4) is 0 Å². The van der Waals surface area contributed by atoms with Crippen molar-refractivity contribution in [3.05, 3.63) is 0 Å². The van der Waals surface area contributed by atoms with Crippen LogP contribution in [0.2, 0.25) is 0 Å². The second-order valence-corrected chi connectivity index (χ2v) is 4.81. The molecule has 88 valence electrons. The molecule has 1 fully saturated rings. The molecule has 2 amide bonds. The monoisotopic (exact) mass is 213 g/mol. The maximum absolute atomic E-state index is 11.5. The lowest BCUT2D eigenvalue weighted by molar-refractivity contribution is 0.220. The van der Waals surface area contributed by atoms with Gasteiger partial charge in [0, 0.05) is 24.2 Å². The SMILES string of the molecule is CC(C)NC(=O)NC1CCC(C)NC1C. The lowest BCUT2D eigenvalue weighted by Gasteiger charge is -2.34. The summed E-state index contributed by atoms with van der Waals surface area (Å²) in [6.07, 6.45) is 2.18. The summed E-state index contributed by atoms with van der Waals surface area (Å²) in [7, 11) is 0. The highest BCUT2D eigenvalue weighted by Crippen LogP contribution is 2.12. The van der Waals surface area contributed by atoms with Crippen LogP contribution >= 0.6 is 0 Å². The number of urea groups is 1. The molecule has 0 aliphatic carbocycles. The Kier molecular flexibility index (Phi) is 4.39. The van der Waals surface area contributed by atoms with Crippen LogP contribution in [-0.2, 0) is 0 Å². The van der Waals surface area contributed by atoms with Gasteiger partial charge in [0.15, 0.2) is 0 Å². The first kappa shape index (κ1) is 12.3. The van der Waals surface area contributed by atoms with E-state index < -0.39 is 0 Å². The van der Waals surface area contributed by atoms with Gasteiger partial charge in [0.1, 0.15) is 0 Å². The van der Waals surface area contributed by atoms with Crippen molar-refractivity contribution in [1.82, 2.24) is 16.0 Å². The van der Waals surface area contributed by atoms with Gasteiger partial charge in [0.2, 0.25) is 0 Å². The summed E-state index contributed by atoms with van der Waals surface area (Å²) in [6.45, 7) is 8.23. The summed E-state index contributed by atoms with van der Waals surface area (Å²) in [6, 6.07) is 1.30. The van der Waals surface area contributed by atoms with Crippen molar-refractivity contribution in [2.24, 2.45) is 0 Å². The van der Waals surface area contributed by atoms with Crippen molar-refractivity contribution in [1.29, 1.82) is 0 Å². The number of hydrogen-bond acceptors (Lipinski definition) is 2. The minimum Gasteiger partial charge on any atom is -0.336 e. The molecule has 0 saturated carbocycles. The van der Waals surface area contributed by atoms with E-state index in [1.807, 2.05) is 13.8 Å². The van der Waals surface area contributed by atoms with Crippen molar-refractivity contribution in [3.8, 4) is 0 Å². The predicted molar refractivity (Wildman–Crippen MR) is 61.9 cm³/mol. The van der Waals surface area contributed by atoms with E-state index in [4.69, 9.17) is 0 Å². The first-order valence-electron chi connectivity index (χ1n) is 5.82. The third-order valence-electron chi connectivity index (χ3n) is 2.80. The molecule has 1 aliphatic rings. The van der Waals surface area contributed by atoms with E-state index in [2.05, 4.69) is 29.8 Å². The molecule has 4 nitrogen and oxygen atoms in total. The van der Waals surface area contributed by atoms with Gasteiger partial charge in [-0.25, -0.2) is 4.79 Å². The third-order valence-corrected chi connectivity index (χ3v) is 2.80. The van der Waals surface area contributed by atoms with E-state index >= 15 is 0 Å². The van der Waals surface area contributed by atoms with Gasteiger partial charge in [0.25, 0.3) is 0 Å². The molecule has 1 aliphatic heterocycles. The first-order valence-corrected chi connectivity index (χ1v) is 5.82. The minimum atomic E-state index is -0.0572. The molecule has 1 saturated heterocycles. The van der Waals surface area contributed by atoms with Crippen LogP contribution < -0.4 is 16.0 Å². The molecule has 4 heteroatoms. The largest absolute Gasteiger partial charge is 0.336 e. The zero-order chi connectivity index (χ0) is 11.4. The van der Waals surface area contributed by atoms with Gasteiger partial charge in [-0.1, -0.05) is 0 Å². The quantitative estimate of drug-likeness (QED) is 0.646. The number of hydrogen-bond donors (Lipinski definition) is 3. The lowest BCUT2D eigenvalue weighted by atomic mass is 9.95. The number of amides is 2. The van der Waals surface area contributed by atoms with Crippen molar-refractivity contribution in [2.45, 2.75) is 64.7 Å². The molecule has 15 heavy (non-hydrogen) atoms. The molecule has 0 aromatic rings. The van der Waals surface area contributed by atoms with E-state index in [9.17, 15) is 4.79 Å². The number of nitrogens with one attached hydrogen (secondary N) is 3. The molecule has 3 atom stereocenters. The van der Waals surface area contributed by atoms with Crippen molar-refractivity contribution in [2.75, 3.05) is 0 Å². The Labute approximate surface area is 92.2 Å². The van der Waals surface area contributed by atoms with Gasteiger partial charge in [-0.2, -0.15) is 0 Å². The molecule has 0 bridgehead atoms. The normalized spacial score (nSPS) is 31.4. The Hall–Kier alpha value is -0.770. The summed E-state index contributed by atoms with van der Waals surface area (Å²) in [5.74, 6) is 0. The van der Waals surface area contributed by atoms with Crippen molar-refractivity contribution >= 4 is 6.03 Å². The Morgan fingerprint density at radius 2 is 2.00 bits per heavy atom. The lowest BCUT2D eigenvalue weighted by Crippen LogP contribution is -2.57. The highest BCUT2D eigenvalue weighted by molar-refractivity contribution is 5.74. The highest BCUT2D eigenvalue weighted by Gasteiger charge is 2.25. The summed E-state index contributed by atoms with van der Waals surface area (Å²) in [5.41, 5.74) is 0. The van der Waals surface area contributed by atoms with Crippen LogP contribution in [0, 0.1) is 0 Å². The maximum atomic E-state index is 11.5. The summed E-state index contributed by atoms with van der Waals surface area (Å²) < 4.78 is 0. The van der Waals surface area contributed by atoms with Crippen LogP contribution in [0.1, 0.15) is 40.5 Å². The van der Waals surface area contributed by atoms with Crippen LogP contribution in [0.5, 0.6) is 0 Å². The Bertz CT molecular complexity index is 218. The Morgan fingerprint density at radius 1 is 1.33 bits per heavy atom. The Balaban J connectivity index is 2.34. The summed E-state index contributed by atoms with van der Waals surface area (Å²) in [4.78, 5) is 11.5. The van der Waals surface area contributed by atoms with Gasteiger partial charge in [-0.15, -0.1) is 0 Å². The number of carbonyl (C=O) groups is 1. The highest BCUT2D eigenvalue weighted by atomic mass is 16.2. The molecule has 3 N–H and O–H groups in total. The number of piperidine rings is 1. The summed E-state index contributed by atoms with van der Waals surface area (Å²) in [5, 5.41) is 9.30. The zero-order valence-electron chi connectivity index (χ0n) is 10.1. The van der Waals surface area contributed by atoms with Gasteiger partial charge in [0.05, 0.1) is 0 Å². The van der Waals surface area contributed by atoms with Gasteiger partial charge in [-0.3, -0.25) is 0 Å². The van der Waals surface area contributed by atoms with Crippen LogP contribution in [-0.4, -0.2) is 30.2 Å². The van der Waals surface area contributed by atoms with E-state index in [-0.39, 0.29) is 18.1 Å². The molecule has 1 heterocycles. The maximum Gasteiger partial charge on any atom is 0.315 e. The van der Waals surface area contributed by atoms with Crippen molar-refractivity contribution < 1.29 is 4.79 Å². The summed E-state index contributed by atoms with van der Waals surface area (Å²) >= 11 is 0. The van der Waals surface area contributed by atoms with E-state index in [1.165, 1.54) is 0 Å². The van der Waals surface area contributed by atoms with Gasteiger partial charge < -0.3 is 16.0 Å². The molecule has 3 unspecified atom stereocenters. The van der Waals surface area contributed by atoms with Crippen LogP contribution in [0.4, 0.5) is 4.79 Å². The first-order chi connectivity index (χ1) is 6.99. The minimum absolute atomic E-state index is 0.0572. The Morgan fingerprint density at radius 3 is 2.53 bits per heavy atom. The fraction of sp³-hybridized carbons (Fsp3) is 0.909. The zero-order valence-corrected chi connectivity index (χ0v) is 10.1. The third kappa shape index (κ3) is 4.08. The molecular weight excluding hydrogens is 190 g/mol. The van der Waals surface area contributed by atoms with Gasteiger partial charge >= 0.3 is 6.03 Å². The number of rotatable bonds is 2. The van der Waals surface area contributed by atoms with E-state index in [0.29, 0.717) is 12.1 Å². The standard InChI is InChI=1S/C11H23N3O/c1-7(2)12-11(15)14-10-6-5-8(3)13-9(10)4/h7-10,13H,5-6H2,1-4H3,(H2,12,14,15).